The van der Waals surface area contributed by atoms with E-state index in [2.05, 4.69) is 29.1 Å². The number of aromatic nitrogens is 2. The van der Waals surface area contributed by atoms with Crippen molar-refractivity contribution in [3.05, 3.63) is 45.5 Å². The molecule has 0 saturated carbocycles. The van der Waals surface area contributed by atoms with E-state index in [1.54, 1.807) is 6.92 Å². The second-order valence-electron chi connectivity index (χ2n) is 6.68. The lowest BCUT2D eigenvalue weighted by atomic mass is 10.1. The Balaban J connectivity index is 1.83. The van der Waals surface area contributed by atoms with Gasteiger partial charge >= 0.3 is 21.3 Å². The Morgan fingerprint density at radius 3 is 2.53 bits per heavy atom. The topological polar surface area (TPSA) is 207 Å². The Morgan fingerprint density at radius 2 is 1.88 bits per heavy atom. The highest BCUT2D eigenvalue weighted by Crippen LogP contribution is 2.57. The fourth-order valence-corrected chi connectivity index (χ4v) is 4.06. The number of nitrogens with one attached hydrogen (secondary N) is 1. The van der Waals surface area contributed by atoms with Crippen molar-refractivity contribution < 1.29 is 42.2 Å². The molecule has 1 heterocycles. The van der Waals surface area contributed by atoms with Crippen molar-refractivity contribution in [3.8, 4) is 0 Å². The van der Waals surface area contributed by atoms with E-state index < -0.39 is 20.6 Å². The second-order valence-corrected chi connectivity index (χ2v) is 9.51. The molecule has 0 spiro atoms. The van der Waals surface area contributed by atoms with Gasteiger partial charge in [0.1, 0.15) is 0 Å². The van der Waals surface area contributed by atoms with Crippen LogP contribution in [0.4, 0.5) is 11.4 Å². The summed E-state index contributed by atoms with van der Waals surface area (Å²) in [5.41, 5.74) is 2.46. The van der Waals surface area contributed by atoms with Crippen LogP contribution in [0, 0.1) is 10.1 Å². The average Bonchev–Trinajstić information content (AvgIpc) is 3.13. The van der Waals surface area contributed by atoms with Crippen molar-refractivity contribution in [1.29, 1.82) is 0 Å². The lowest BCUT2D eigenvalue weighted by Crippen LogP contribution is -2.04. The third-order valence-electron chi connectivity index (χ3n) is 4.06. The zero-order valence-electron chi connectivity index (χ0n) is 17.1. The third-order valence-corrected chi connectivity index (χ3v) is 6.21. The Kier molecular flexibility index (Phi) is 8.81. The molecule has 2 aromatic rings. The molecule has 0 amide bonds. The van der Waals surface area contributed by atoms with Gasteiger partial charge in [-0.3, -0.25) is 14.6 Å². The van der Waals surface area contributed by atoms with Crippen LogP contribution >= 0.6 is 15.6 Å². The number of phosphoric acid groups is 2. The SMILES string of the molecule is C/C(=C\COP(=O)(O)OP(=O)(O)O)CC/C=C(\C)CNc1ccc([N+](=O)[O-])c2nonc12. The highest BCUT2D eigenvalue weighted by Gasteiger charge is 2.31. The van der Waals surface area contributed by atoms with Crippen LogP contribution in [0.3, 0.4) is 0 Å². The van der Waals surface area contributed by atoms with Crippen molar-refractivity contribution >= 4 is 38.1 Å². The number of rotatable bonds is 12. The molecule has 0 aliphatic heterocycles. The Morgan fingerprint density at radius 1 is 1.19 bits per heavy atom. The molecule has 0 fully saturated rings. The molecular formula is C16H22N4O10P2. The van der Waals surface area contributed by atoms with Crippen LogP contribution in [0.5, 0.6) is 0 Å². The first-order valence-electron chi connectivity index (χ1n) is 9.07. The summed E-state index contributed by atoms with van der Waals surface area (Å²) in [7, 11) is -9.99. The van der Waals surface area contributed by atoms with Crippen molar-refractivity contribution in [2.75, 3.05) is 18.5 Å². The van der Waals surface area contributed by atoms with E-state index in [1.807, 2.05) is 13.0 Å². The average molecular weight is 492 g/mol. The maximum absolute atomic E-state index is 11.3. The maximum atomic E-state index is 11.3. The van der Waals surface area contributed by atoms with Crippen LogP contribution in [0.2, 0.25) is 0 Å². The zero-order valence-corrected chi connectivity index (χ0v) is 18.9. The number of hydrogen-bond donors (Lipinski definition) is 4. The van der Waals surface area contributed by atoms with E-state index in [1.165, 1.54) is 18.2 Å². The predicted octanol–water partition coefficient (Wildman–Crippen LogP) is 3.44. The number of benzene rings is 1. The molecule has 1 aromatic carbocycles. The largest absolute Gasteiger partial charge is 0.481 e. The summed E-state index contributed by atoms with van der Waals surface area (Å²) in [6, 6.07) is 2.85. The van der Waals surface area contributed by atoms with Crippen LogP contribution in [-0.2, 0) is 18.0 Å². The molecule has 4 N–H and O–H groups in total. The quantitative estimate of drug-likeness (QED) is 0.145. The lowest BCUT2D eigenvalue weighted by Gasteiger charge is -2.11. The molecule has 176 valence electrons. The molecule has 0 aliphatic rings. The van der Waals surface area contributed by atoms with Gasteiger partial charge in [-0.1, -0.05) is 23.3 Å². The molecule has 1 aromatic heterocycles. The Hall–Kier alpha value is -2.44. The van der Waals surface area contributed by atoms with Crippen molar-refractivity contribution in [3.63, 3.8) is 0 Å². The predicted molar refractivity (Wildman–Crippen MR) is 113 cm³/mol. The fraction of sp³-hybridized carbons (Fsp3) is 0.375. The summed E-state index contributed by atoms with van der Waals surface area (Å²) >= 11 is 0. The van der Waals surface area contributed by atoms with E-state index in [4.69, 9.17) is 9.79 Å². The van der Waals surface area contributed by atoms with Crippen LogP contribution in [0.15, 0.2) is 40.1 Å². The number of anilines is 1. The molecule has 0 bridgehead atoms. The van der Waals surface area contributed by atoms with Gasteiger partial charge in [-0.2, -0.15) is 4.31 Å². The van der Waals surface area contributed by atoms with Crippen molar-refractivity contribution in [1.82, 2.24) is 10.3 Å². The summed E-state index contributed by atoms with van der Waals surface area (Å²) in [5.74, 6) is 0. The number of nitrogens with zero attached hydrogens (tertiary/aromatic N) is 3. The smallest absolute Gasteiger partial charge is 0.379 e. The van der Waals surface area contributed by atoms with E-state index in [0.29, 0.717) is 25.1 Å². The normalized spacial score (nSPS) is 15.0. The van der Waals surface area contributed by atoms with Crippen LogP contribution in [0.1, 0.15) is 26.7 Å². The molecule has 1 atom stereocenters. The van der Waals surface area contributed by atoms with Gasteiger partial charge in [0.25, 0.3) is 0 Å². The van der Waals surface area contributed by atoms with E-state index in [9.17, 15) is 24.1 Å². The molecule has 0 aliphatic carbocycles. The maximum Gasteiger partial charge on any atom is 0.481 e. The summed E-state index contributed by atoms with van der Waals surface area (Å²) < 4.78 is 34.7. The van der Waals surface area contributed by atoms with Crippen LogP contribution in [0.25, 0.3) is 11.0 Å². The molecule has 0 radical (unpaired) electrons. The standard InChI is InChI=1S/C16H22N4O10P2/c1-11(8-9-28-32(26,27)30-31(23,24)25)4-3-5-12(2)10-17-13-6-7-14(20(21)22)16-15(13)18-29-19-16/h5-8,17H,3-4,9-10H2,1-2H3,(H,26,27)(H2,23,24,25)/b11-8+,12-5+. The molecule has 32 heavy (non-hydrogen) atoms. The summed E-state index contributed by atoms with van der Waals surface area (Å²) in [6.07, 6.45) is 4.71. The van der Waals surface area contributed by atoms with Gasteiger partial charge in [0, 0.05) is 12.6 Å². The number of fused-ring (bicyclic) bond motifs is 1. The minimum atomic E-state index is -5.14. The number of hydrogen-bond acceptors (Lipinski definition) is 10. The first-order chi connectivity index (χ1) is 14.9. The first kappa shape index (κ1) is 25.8. The molecule has 16 heteroatoms. The number of non-ortho nitro benzene ring substituents is 1. The van der Waals surface area contributed by atoms with Gasteiger partial charge in [0.2, 0.25) is 5.52 Å². The third kappa shape index (κ3) is 8.24. The lowest BCUT2D eigenvalue weighted by molar-refractivity contribution is -0.383. The minimum absolute atomic E-state index is 0.0585. The van der Waals surface area contributed by atoms with E-state index in [-0.39, 0.29) is 23.3 Å². The minimum Gasteiger partial charge on any atom is -0.379 e. The van der Waals surface area contributed by atoms with Gasteiger partial charge in [-0.25, -0.2) is 13.8 Å². The Labute approximate surface area is 181 Å². The van der Waals surface area contributed by atoms with Crippen molar-refractivity contribution in [2.24, 2.45) is 0 Å². The summed E-state index contributed by atoms with van der Waals surface area (Å²) in [4.78, 5) is 36.7. The van der Waals surface area contributed by atoms with Gasteiger partial charge < -0.3 is 20.0 Å². The summed E-state index contributed by atoms with van der Waals surface area (Å²) in [6.45, 7) is 3.74. The molecule has 14 nitrogen and oxygen atoms in total. The first-order valence-corrected chi connectivity index (χ1v) is 12.1. The molecule has 0 saturated heterocycles. The monoisotopic (exact) mass is 492 g/mol. The molecule has 1 unspecified atom stereocenters. The number of phosphoric ester groups is 1. The van der Waals surface area contributed by atoms with Gasteiger partial charge in [-0.05, 0) is 43.1 Å². The fourth-order valence-electron chi connectivity index (χ4n) is 2.53. The Bertz CT molecular complexity index is 1120. The van der Waals surface area contributed by atoms with Gasteiger partial charge in [0.15, 0.2) is 5.52 Å². The molecule has 2 rings (SSSR count). The summed E-state index contributed by atoms with van der Waals surface area (Å²) in [5, 5.41) is 21.4. The highest BCUT2D eigenvalue weighted by atomic mass is 31.3. The number of nitro benzene ring substituents is 1. The molecular weight excluding hydrogens is 470 g/mol. The highest BCUT2D eigenvalue weighted by molar-refractivity contribution is 7.60. The van der Waals surface area contributed by atoms with Gasteiger partial charge in [0.05, 0.1) is 17.2 Å². The number of nitro groups is 1. The second kappa shape index (κ2) is 10.9. The van der Waals surface area contributed by atoms with Crippen LogP contribution in [-0.4, -0.2) is 43.1 Å². The van der Waals surface area contributed by atoms with Crippen molar-refractivity contribution in [2.45, 2.75) is 26.7 Å². The zero-order chi connectivity index (χ0) is 23.9. The number of allylic oxidation sites excluding steroid dienone is 2. The van der Waals surface area contributed by atoms with E-state index in [0.717, 1.165) is 11.1 Å². The van der Waals surface area contributed by atoms with Crippen LogP contribution < -0.4 is 5.32 Å². The van der Waals surface area contributed by atoms with Gasteiger partial charge in [-0.15, -0.1) is 0 Å². The van der Waals surface area contributed by atoms with E-state index >= 15 is 0 Å².